The van der Waals surface area contributed by atoms with Crippen molar-refractivity contribution < 1.29 is 0 Å². The van der Waals surface area contributed by atoms with E-state index in [9.17, 15) is 0 Å². The molecule has 0 spiro atoms. The average molecular weight is 427 g/mol. The molecule has 0 radical (unpaired) electrons. The molecule has 0 unspecified atom stereocenters. The fourth-order valence-corrected chi connectivity index (χ4v) is 4.78. The lowest BCUT2D eigenvalue weighted by atomic mass is 9.94. The van der Waals surface area contributed by atoms with Gasteiger partial charge in [0.2, 0.25) is 0 Å². The lowest BCUT2D eigenvalue weighted by Gasteiger charge is -2.17. The van der Waals surface area contributed by atoms with Gasteiger partial charge in [0.05, 0.1) is 0 Å². The smallest absolute Gasteiger partial charge is 0.0465 e. The van der Waals surface area contributed by atoms with Crippen LogP contribution in [0.3, 0.4) is 0 Å². The Morgan fingerprint density at radius 1 is 0.606 bits per heavy atom. The Bertz CT molecular complexity index is 1620. The van der Waals surface area contributed by atoms with E-state index in [1.54, 1.807) is 0 Å². The number of aromatic nitrogens is 1. The van der Waals surface area contributed by atoms with Crippen molar-refractivity contribution in [3.8, 4) is 11.1 Å². The summed E-state index contributed by atoms with van der Waals surface area (Å²) in [6.07, 6.45) is 0. The molecular weight excluding hydrogens is 400 g/mol. The second-order valence-electron chi connectivity index (χ2n) is 9.07. The van der Waals surface area contributed by atoms with Crippen LogP contribution < -0.4 is 5.32 Å². The molecule has 2 nitrogen and oxygen atoms in total. The first kappa shape index (κ1) is 19.6. The maximum absolute atomic E-state index is 3.67. The maximum atomic E-state index is 3.67. The van der Waals surface area contributed by atoms with Gasteiger partial charge >= 0.3 is 0 Å². The second kappa shape index (κ2) is 7.83. The highest BCUT2D eigenvalue weighted by molar-refractivity contribution is 6.08. The van der Waals surface area contributed by atoms with Crippen LogP contribution in [0, 0.1) is 0 Å². The molecule has 0 aliphatic rings. The topological polar surface area (TPSA) is 27.8 Å². The van der Waals surface area contributed by atoms with E-state index in [0.29, 0.717) is 5.92 Å². The molecule has 6 aromatic rings. The molecule has 5 aromatic carbocycles. The molecule has 0 saturated heterocycles. The normalized spacial score (nSPS) is 11.6. The van der Waals surface area contributed by atoms with Gasteiger partial charge in [-0.05, 0) is 75.8 Å². The molecule has 0 bridgehead atoms. The zero-order valence-corrected chi connectivity index (χ0v) is 18.9. The fourth-order valence-electron chi connectivity index (χ4n) is 4.78. The van der Waals surface area contributed by atoms with E-state index in [4.69, 9.17) is 0 Å². The van der Waals surface area contributed by atoms with Crippen LogP contribution in [0.25, 0.3) is 43.7 Å². The predicted octanol–water partition coefficient (Wildman–Crippen LogP) is 9.01. The minimum Gasteiger partial charge on any atom is -0.355 e. The molecule has 2 N–H and O–H groups in total. The monoisotopic (exact) mass is 426 g/mol. The molecule has 33 heavy (non-hydrogen) atoms. The molecule has 0 amide bonds. The SMILES string of the molecule is CC(C)c1cc(-c2ccc3[nH]c4ccccc4c3c2)ccc1Nc1ccc2ccccc2c1. The summed E-state index contributed by atoms with van der Waals surface area (Å²) in [6.45, 7) is 4.51. The number of anilines is 2. The third-order valence-corrected chi connectivity index (χ3v) is 6.54. The first-order valence-electron chi connectivity index (χ1n) is 11.6. The van der Waals surface area contributed by atoms with Crippen molar-refractivity contribution in [1.29, 1.82) is 0 Å². The van der Waals surface area contributed by atoms with E-state index >= 15 is 0 Å². The predicted molar refractivity (Wildman–Crippen MR) is 143 cm³/mol. The van der Waals surface area contributed by atoms with Crippen molar-refractivity contribution >= 4 is 44.0 Å². The van der Waals surface area contributed by atoms with E-state index in [2.05, 4.69) is 127 Å². The Balaban J connectivity index is 1.40. The zero-order valence-electron chi connectivity index (χ0n) is 18.9. The van der Waals surface area contributed by atoms with E-state index in [1.807, 2.05) is 0 Å². The number of para-hydroxylation sites is 1. The van der Waals surface area contributed by atoms with Crippen molar-refractivity contribution in [2.75, 3.05) is 5.32 Å². The van der Waals surface area contributed by atoms with Crippen LogP contribution in [-0.2, 0) is 0 Å². The Kier molecular flexibility index (Phi) is 4.66. The van der Waals surface area contributed by atoms with Crippen LogP contribution in [0.2, 0.25) is 0 Å². The standard InChI is InChI=1S/C31H26N2/c1-20(2)27-18-23(24-13-16-31-28(19-24)26-9-5-6-10-29(26)33-31)12-15-30(27)32-25-14-11-21-7-3-4-8-22(21)17-25/h3-20,32-33H,1-2H3. The second-order valence-corrected chi connectivity index (χ2v) is 9.07. The number of H-pyrrole nitrogens is 1. The van der Waals surface area contributed by atoms with Crippen LogP contribution in [0.15, 0.2) is 103 Å². The Hall–Kier alpha value is -4.04. The highest BCUT2D eigenvalue weighted by Gasteiger charge is 2.11. The number of benzene rings is 5. The van der Waals surface area contributed by atoms with Gasteiger partial charge in [0.15, 0.2) is 0 Å². The highest BCUT2D eigenvalue weighted by Crippen LogP contribution is 2.35. The summed E-state index contributed by atoms with van der Waals surface area (Å²) < 4.78 is 0. The highest BCUT2D eigenvalue weighted by atomic mass is 14.9. The maximum Gasteiger partial charge on any atom is 0.0465 e. The summed E-state index contributed by atoms with van der Waals surface area (Å²) in [5.41, 5.74) is 8.45. The van der Waals surface area contributed by atoms with Crippen molar-refractivity contribution in [2.45, 2.75) is 19.8 Å². The van der Waals surface area contributed by atoms with Gasteiger partial charge in [-0.1, -0.05) is 74.5 Å². The first-order valence-corrected chi connectivity index (χ1v) is 11.6. The molecule has 160 valence electrons. The summed E-state index contributed by atoms with van der Waals surface area (Å²) in [7, 11) is 0. The fraction of sp³-hybridized carbons (Fsp3) is 0.0968. The van der Waals surface area contributed by atoms with Crippen molar-refractivity contribution in [3.63, 3.8) is 0 Å². The van der Waals surface area contributed by atoms with Crippen LogP contribution >= 0.6 is 0 Å². The minimum atomic E-state index is 0.407. The summed E-state index contributed by atoms with van der Waals surface area (Å²) in [4.78, 5) is 3.53. The molecule has 1 heterocycles. The quantitative estimate of drug-likeness (QED) is 0.289. The molecule has 0 saturated carbocycles. The van der Waals surface area contributed by atoms with Crippen LogP contribution in [0.5, 0.6) is 0 Å². The van der Waals surface area contributed by atoms with Crippen molar-refractivity contribution in [1.82, 2.24) is 4.98 Å². The van der Waals surface area contributed by atoms with Gasteiger partial charge in [0.25, 0.3) is 0 Å². The van der Waals surface area contributed by atoms with E-state index in [-0.39, 0.29) is 0 Å². The lowest BCUT2D eigenvalue weighted by molar-refractivity contribution is 0.869. The third-order valence-electron chi connectivity index (χ3n) is 6.54. The molecule has 0 atom stereocenters. The molecule has 0 aliphatic heterocycles. The average Bonchev–Trinajstić information content (AvgIpc) is 3.22. The van der Waals surface area contributed by atoms with Gasteiger partial charge < -0.3 is 10.3 Å². The largest absolute Gasteiger partial charge is 0.355 e. The number of hydrogen-bond donors (Lipinski definition) is 2. The third kappa shape index (κ3) is 3.54. The number of fused-ring (bicyclic) bond motifs is 4. The minimum absolute atomic E-state index is 0.407. The van der Waals surface area contributed by atoms with Crippen LogP contribution in [0.4, 0.5) is 11.4 Å². The number of nitrogens with one attached hydrogen (secondary N) is 2. The number of hydrogen-bond acceptors (Lipinski definition) is 1. The lowest BCUT2D eigenvalue weighted by Crippen LogP contribution is -1.98. The van der Waals surface area contributed by atoms with E-state index in [0.717, 1.165) is 11.4 Å². The van der Waals surface area contributed by atoms with E-state index in [1.165, 1.54) is 49.3 Å². The van der Waals surface area contributed by atoms with Gasteiger partial charge in [0.1, 0.15) is 0 Å². The van der Waals surface area contributed by atoms with E-state index < -0.39 is 0 Å². The summed E-state index contributed by atoms with van der Waals surface area (Å²) in [6, 6.07) is 37.1. The van der Waals surface area contributed by atoms with Crippen LogP contribution in [0.1, 0.15) is 25.3 Å². The Labute approximate surface area is 193 Å². The molecule has 1 aromatic heterocycles. The molecule has 0 aliphatic carbocycles. The van der Waals surface area contributed by atoms with Gasteiger partial charge in [-0.15, -0.1) is 0 Å². The van der Waals surface area contributed by atoms with Crippen molar-refractivity contribution in [3.05, 3.63) is 109 Å². The zero-order chi connectivity index (χ0) is 22.4. The summed E-state index contributed by atoms with van der Waals surface area (Å²) >= 11 is 0. The van der Waals surface area contributed by atoms with Gasteiger partial charge in [-0.3, -0.25) is 0 Å². The van der Waals surface area contributed by atoms with Crippen molar-refractivity contribution in [2.24, 2.45) is 0 Å². The van der Waals surface area contributed by atoms with Gasteiger partial charge in [0, 0.05) is 33.2 Å². The van der Waals surface area contributed by atoms with Gasteiger partial charge in [-0.25, -0.2) is 0 Å². The summed E-state index contributed by atoms with van der Waals surface area (Å²) in [5.74, 6) is 0.407. The summed E-state index contributed by atoms with van der Waals surface area (Å²) in [5, 5.41) is 8.72. The first-order chi connectivity index (χ1) is 16.2. The van der Waals surface area contributed by atoms with Crippen LogP contribution in [-0.4, -0.2) is 4.98 Å². The Morgan fingerprint density at radius 2 is 1.33 bits per heavy atom. The Morgan fingerprint density at radius 3 is 2.21 bits per heavy atom. The molecule has 2 heteroatoms. The molecule has 6 rings (SSSR count). The van der Waals surface area contributed by atoms with Gasteiger partial charge in [-0.2, -0.15) is 0 Å². The number of rotatable bonds is 4. The molecule has 0 fully saturated rings. The number of aromatic amines is 1. The molecular formula is C31H26N2.